The van der Waals surface area contributed by atoms with Crippen LogP contribution >= 0.6 is 23.2 Å². The lowest BCUT2D eigenvalue weighted by molar-refractivity contribution is -0.141. The molecule has 7 nitrogen and oxygen atoms in total. The number of sulfonamides is 1. The second kappa shape index (κ2) is 13.4. The van der Waals surface area contributed by atoms with E-state index in [-0.39, 0.29) is 17.3 Å². The fraction of sp³-hybridized carbons (Fsp3) is 0.357. The average molecular weight is 579 g/mol. The van der Waals surface area contributed by atoms with E-state index < -0.39 is 28.5 Å². The molecule has 1 atom stereocenters. The van der Waals surface area contributed by atoms with Gasteiger partial charge in [-0.2, -0.15) is 4.31 Å². The van der Waals surface area contributed by atoms with Crippen LogP contribution < -0.4 is 5.32 Å². The lowest BCUT2D eigenvalue weighted by Crippen LogP contribution is -2.52. The number of hydrogen-bond acceptors (Lipinski definition) is 4. The summed E-state index contributed by atoms with van der Waals surface area (Å²) in [7, 11) is -2.63. The predicted molar refractivity (Wildman–Crippen MR) is 153 cm³/mol. The van der Waals surface area contributed by atoms with Gasteiger partial charge in [-0.3, -0.25) is 9.59 Å². The summed E-state index contributed by atoms with van der Waals surface area (Å²) in [6, 6.07) is 16.5. The molecule has 10 heteroatoms. The molecule has 0 heterocycles. The molecule has 3 aromatic carbocycles. The summed E-state index contributed by atoms with van der Waals surface area (Å²) >= 11 is 12.8. The number of benzene rings is 3. The van der Waals surface area contributed by atoms with E-state index in [0.717, 1.165) is 27.9 Å². The van der Waals surface area contributed by atoms with E-state index in [1.807, 2.05) is 31.2 Å². The number of nitrogens with one attached hydrogen (secondary N) is 1. The first-order valence-corrected chi connectivity index (χ1v) is 14.7. The van der Waals surface area contributed by atoms with Gasteiger partial charge in [-0.15, -0.1) is 0 Å². The minimum absolute atomic E-state index is 0.0408. The lowest BCUT2D eigenvalue weighted by atomic mass is 10.1. The molecule has 2 amide bonds. The molecule has 0 fully saturated rings. The zero-order valence-corrected chi connectivity index (χ0v) is 24.1. The van der Waals surface area contributed by atoms with E-state index in [2.05, 4.69) is 5.32 Å². The summed E-state index contributed by atoms with van der Waals surface area (Å²) in [5.41, 5.74) is 0.490. The van der Waals surface area contributed by atoms with E-state index in [1.54, 1.807) is 37.3 Å². The predicted octanol–water partition coefficient (Wildman–Crippen LogP) is 5.49. The largest absolute Gasteiger partial charge is 0.354 e. The molecule has 204 valence electrons. The zero-order valence-electron chi connectivity index (χ0n) is 21.8. The molecular weight excluding hydrogens is 545 g/mol. The quantitative estimate of drug-likeness (QED) is 0.288. The number of unbranched alkanes of at least 4 members (excludes halogenated alkanes) is 1. The molecule has 0 aliphatic rings. The molecule has 0 bridgehead atoms. The highest BCUT2D eigenvalue weighted by atomic mass is 35.5. The second-order valence-electron chi connectivity index (χ2n) is 9.06. The first-order valence-electron chi connectivity index (χ1n) is 12.5. The monoisotopic (exact) mass is 577 g/mol. The van der Waals surface area contributed by atoms with Crippen molar-refractivity contribution in [1.29, 1.82) is 0 Å². The van der Waals surface area contributed by atoms with E-state index >= 15 is 0 Å². The Bertz CT molecular complexity index is 1380. The SMILES string of the molecule is CCCCNC(=O)[C@H](CC)N(Cc1c(Cl)cccc1Cl)C(=O)CN(C)S(=O)(=O)c1ccc2ccccc2c1. The van der Waals surface area contributed by atoms with E-state index in [1.165, 1.54) is 18.0 Å². The minimum Gasteiger partial charge on any atom is -0.354 e. The summed E-state index contributed by atoms with van der Waals surface area (Å²) in [6.45, 7) is 3.80. The molecule has 0 saturated carbocycles. The number of carbonyl (C=O) groups excluding carboxylic acids is 2. The van der Waals surface area contributed by atoms with Gasteiger partial charge in [-0.05, 0) is 47.9 Å². The molecule has 0 aromatic heterocycles. The zero-order chi connectivity index (χ0) is 27.9. The minimum atomic E-state index is -3.99. The van der Waals surface area contributed by atoms with Crippen LogP contribution in [0.25, 0.3) is 10.8 Å². The molecule has 0 aliphatic heterocycles. The van der Waals surface area contributed by atoms with Gasteiger partial charge in [0.2, 0.25) is 21.8 Å². The van der Waals surface area contributed by atoms with Crippen LogP contribution in [0.1, 0.15) is 38.7 Å². The number of fused-ring (bicyclic) bond motifs is 1. The number of carbonyl (C=O) groups is 2. The summed E-state index contributed by atoms with van der Waals surface area (Å²) in [5, 5.41) is 5.28. The topological polar surface area (TPSA) is 86.8 Å². The molecule has 3 aromatic rings. The van der Waals surface area contributed by atoms with Crippen molar-refractivity contribution in [3.05, 3.63) is 76.3 Å². The average Bonchev–Trinajstić information content (AvgIpc) is 2.89. The summed E-state index contributed by atoms with van der Waals surface area (Å²) < 4.78 is 27.8. The molecule has 0 spiro atoms. The second-order valence-corrected chi connectivity index (χ2v) is 11.9. The van der Waals surface area contributed by atoms with Gasteiger partial charge >= 0.3 is 0 Å². The standard InChI is InChI=1S/C28H33Cl2N3O4S/c1-4-6-16-31-28(35)26(5-2)33(18-23-24(29)12-9-13-25(23)30)27(34)19-32(3)38(36,37)22-15-14-20-10-7-8-11-21(20)17-22/h7-15,17,26H,4-6,16,18-19H2,1-3H3,(H,31,35)/t26-/m0/s1. The highest BCUT2D eigenvalue weighted by Crippen LogP contribution is 2.27. The number of likely N-dealkylation sites (N-methyl/N-ethyl adjacent to an activating group) is 1. The van der Waals surface area contributed by atoms with Gasteiger partial charge in [-0.25, -0.2) is 8.42 Å². The fourth-order valence-electron chi connectivity index (χ4n) is 4.15. The van der Waals surface area contributed by atoms with Crippen molar-refractivity contribution < 1.29 is 18.0 Å². The smallest absolute Gasteiger partial charge is 0.243 e. The van der Waals surface area contributed by atoms with Gasteiger partial charge in [0, 0.05) is 35.7 Å². The third kappa shape index (κ3) is 7.05. The van der Waals surface area contributed by atoms with Crippen LogP contribution in [0.4, 0.5) is 0 Å². The van der Waals surface area contributed by atoms with Crippen molar-refractivity contribution >= 4 is 55.8 Å². The third-order valence-corrected chi connectivity index (χ3v) is 8.90. The summed E-state index contributed by atoms with van der Waals surface area (Å²) in [6.07, 6.45) is 2.04. The van der Waals surface area contributed by atoms with Crippen LogP contribution in [0.3, 0.4) is 0 Å². The Morgan fingerprint density at radius 1 is 0.947 bits per heavy atom. The molecule has 1 N–H and O–H groups in total. The van der Waals surface area contributed by atoms with Crippen molar-refractivity contribution in [2.45, 2.75) is 50.6 Å². The van der Waals surface area contributed by atoms with Crippen LogP contribution in [-0.4, -0.2) is 55.6 Å². The van der Waals surface area contributed by atoms with Gasteiger partial charge in [0.1, 0.15) is 6.04 Å². The fourth-order valence-corrected chi connectivity index (χ4v) is 5.83. The Kier molecular flexibility index (Phi) is 10.6. The van der Waals surface area contributed by atoms with Gasteiger partial charge in [0.05, 0.1) is 11.4 Å². The lowest BCUT2D eigenvalue weighted by Gasteiger charge is -2.32. The molecule has 0 radical (unpaired) electrons. The number of nitrogens with zero attached hydrogens (tertiary/aromatic N) is 2. The van der Waals surface area contributed by atoms with Crippen LogP contribution in [0, 0.1) is 0 Å². The van der Waals surface area contributed by atoms with Crippen LogP contribution in [0.15, 0.2) is 65.6 Å². The number of amides is 2. The van der Waals surface area contributed by atoms with Gasteiger partial charge < -0.3 is 10.2 Å². The van der Waals surface area contributed by atoms with Crippen molar-refractivity contribution in [1.82, 2.24) is 14.5 Å². The third-order valence-electron chi connectivity index (χ3n) is 6.39. The van der Waals surface area contributed by atoms with Crippen molar-refractivity contribution in [3.8, 4) is 0 Å². The van der Waals surface area contributed by atoms with Crippen LogP contribution in [0.2, 0.25) is 10.0 Å². The number of rotatable bonds is 12. The Balaban J connectivity index is 1.90. The van der Waals surface area contributed by atoms with Gasteiger partial charge in [-0.1, -0.05) is 79.9 Å². The normalized spacial score (nSPS) is 12.5. The maximum absolute atomic E-state index is 13.7. The molecule has 3 rings (SSSR count). The first kappa shape index (κ1) is 29.9. The van der Waals surface area contributed by atoms with Crippen molar-refractivity contribution in [2.75, 3.05) is 20.1 Å². The molecule has 0 unspecified atom stereocenters. The van der Waals surface area contributed by atoms with E-state index in [0.29, 0.717) is 28.6 Å². The maximum atomic E-state index is 13.7. The Morgan fingerprint density at radius 2 is 1.61 bits per heavy atom. The van der Waals surface area contributed by atoms with Gasteiger partial charge in [0.15, 0.2) is 0 Å². The molecule has 0 saturated heterocycles. The Morgan fingerprint density at radius 3 is 2.24 bits per heavy atom. The summed E-state index contributed by atoms with van der Waals surface area (Å²) in [5.74, 6) is -0.845. The molecular formula is C28H33Cl2N3O4S. The van der Waals surface area contributed by atoms with Crippen molar-refractivity contribution in [3.63, 3.8) is 0 Å². The Labute approximate surface area is 234 Å². The van der Waals surface area contributed by atoms with Gasteiger partial charge in [0.25, 0.3) is 0 Å². The number of halogens is 2. The maximum Gasteiger partial charge on any atom is 0.243 e. The van der Waals surface area contributed by atoms with E-state index in [9.17, 15) is 18.0 Å². The number of hydrogen-bond donors (Lipinski definition) is 1. The highest BCUT2D eigenvalue weighted by Gasteiger charge is 2.32. The van der Waals surface area contributed by atoms with Crippen LogP contribution in [0.5, 0.6) is 0 Å². The highest BCUT2D eigenvalue weighted by molar-refractivity contribution is 7.89. The molecule has 38 heavy (non-hydrogen) atoms. The first-order chi connectivity index (χ1) is 18.1. The summed E-state index contributed by atoms with van der Waals surface area (Å²) in [4.78, 5) is 28.2. The van der Waals surface area contributed by atoms with Crippen LogP contribution in [-0.2, 0) is 26.2 Å². The van der Waals surface area contributed by atoms with Crippen molar-refractivity contribution in [2.24, 2.45) is 0 Å². The van der Waals surface area contributed by atoms with E-state index in [4.69, 9.17) is 23.2 Å². The molecule has 0 aliphatic carbocycles. The Hall–Kier alpha value is -2.65.